The van der Waals surface area contributed by atoms with Crippen LogP contribution in [0, 0.1) is 6.92 Å². The van der Waals surface area contributed by atoms with Gasteiger partial charge in [0.15, 0.2) is 5.78 Å². The van der Waals surface area contributed by atoms with Crippen LogP contribution in [0.25, 0.3) is 0 Å². The van der Waals surface area contributed by atoms with Gasteiger partial charge in [0.05, 0.1) is 0 Å². The number of amides is 2. The largest absolute Gasteiger partial charge is 0.323 e. The van der Waals surface area contributed by atoms with E-state index in [1.165, 1.54) is 6.92 Å². The van der Waals surface area contributed by atoms with E-state index in [2.05, 4.69) is 26.6 Å². The lowest BCUT2D eigenvalue weighted by Crippen LogP contribution is -2.19. The first-order valence-electron chi connectivity index (χ1n) is 6.41. The van der Waals surface area contributed by atoms with E-state index in [0.29, 0.717) is 16.9 Å². The van der Waals surface area contributed by atoms with Crippen LogP contribution in [0.5, 0.6) is 0 Å². The van der Waals surface area contributed by atoms with Crippen molar-refractivity contribution in [3.8, 4) is 0 Å². The van der Waals surface area contributed by atoms with Crippen LogP contribution in [0.3, 0.4) is 0 Å². The van der Waals surface area contributed by atoms with E-state index in [1.807, 2.05) is 25.1 Å². The van der Waals surface area contributed by atoms with Crippen LogP contribution in [-0.2, 0) is 0 Å². The van der Waals surface area contributed by atoms with Crippen LogP contribution in [0.15, 0.2) is 46.9 Å². The minimum atomic E-state index is -0.327. The Hall–Kier alpha value is -2.14. The van der Waals surface area contributed by atoms with Crippen molar-refractivity contribution in [2.45, 2.75) is 13.8 Å². The first kappa shape index (κ1) is 15.3. The summed E-state index contributed by atoms with van der Waals surface area (Å²) in [6.45, 7) is 3.46. The normalized spacial score (nSPS) is 10.0. The fourth-order valence-corrected chi connectivity index (χ4v) is 2.05. The molecule has 2 aromatic carbocycles. The highest BCUT2D eigenvalue weighted by Gasteiger charge is 2.05. The topological polar surface area (TPSA) is 58.2 Å². The molecule has 0 heterocycles. The molecular weight excluding hydrogens is 332 g/mol. The summed E-state index contributed by atoms with van der Waals surface area (Å²) in [5.41, 5.74) is 3.00. The number of aryl methyl sites for hydroxylation is 1. The standard InChI is InChI=1S/C16H15BrN2O2/c1-10-9-14(7-8-15(10)17)19-16(21)18-13-5-3-12(4-6-13)11(2)20/h3-9H,1-2H3,(H2,18,19,21). The SMILES string of the molecule is CC(=O)c1ccc(NC(=O)Nc2ccc(Br)c(C)c2)cc1. The number of rotatable bonds is 3. The summed E-state index contributed by atoms with van der Waals surface area (Å²) in [5, 5.41) is 5.48. The third-order valence-corrected chi connectivity index (χ3v) is 3.85. The molecule has 0 saturated heterocycles. The van der Waals surface area contributed by atoms with Crippen molar-refractivity contribution in [3.63, 3.8) is 0 Å². The van der Waals surface area contributed by atoms with Gasteiger partial charge in [-0.05, 0) is 61.9 Å². The van der Waals surface area contributed by atoms with Crippen molar-refractivity contribution in [1.82, 2.24) is 0 Å². The number of carbonyl (C=O) groups is 2. The molecule has 2 N–H and O–H groups in total. The summed E-state index contributed by atoms with van der Waals surface area (Å²) in [7, 11) is 0. The first-order valence-corrected chi connectivity index (χ1v) is 7.20. The lowest BCUT2D eigenvalue weighted by atomic mass is 10.1. The van der Waals surface area contributed by atoms with Gasteiger partial charge < -0.3 is 10.6 Å². The zero-order chi connectivity index (χ0) is 15.4. The van der Waals surface area contributed by atoms with Crippen molar-refractivity contribution in [2.75, 3.05) is 10.6 Å². The maximum atomic E-state index is 11.9. The van der Waals surface area contributed by atoms with Gasteiger partial charge in [0, 0.05) is 21.4 Å². The molecule has 2 amide bonds. The molecule has 0 aromatic heterocycles. The summed E-state index contributed by atoms with van der Waals surface area (Å²) in [4.78, 5) is 23.1. The summed E-state index contributed by atoms with van der Waals surface area (Å²) >= 11 is 3.41. The Morgan fingerprint density at radius 2 is 1.52 bits per heavy atom. The van der Waals surface area contributed by atoms with E-state index < -0.39 is 0 Å². The smallest absolute Gasteiger partial charge is 0.308 e. The molecule has 0 aliphatic rings. The average Bonchev–Trinajstić information content (AvgIpc) is 2.43. The lowest BCUT2D eigenvalue weighted by Gasteiger charge is -2.09. The number of anilines is 2. The van der Waals surface area contributed by atoms with Gasteiger partial charge in [0.2, 0.25) is 0 Å². The molecule has 2 rings (SSSR count). The Bertz CT molecular complexity index is 681. The predicted molar refractivity (Wildman–Crippen MR) is 88.0 cm³/mol. The Kier molecular flexibility index (Phi) is 4.75. The first-order chi connectivity index (χ1) is 9.95. The second-order valence-electron chi connectivity index (χ2n) is 4.68. The van der Waals surface area contributed by atoms with Gasteiger partial charge in [-0.1, -0.05) is 15.9 Å². The van der Waals surface area contributed by atoms with Gasteiger partial charge in [-0.25, -0.2) is 4.79 Å². The number of benzene rings is 2. The van der Waals surface area contributed by atoms with Crippen LogP contribution in [0.4, 0.5) is 16.2 Å². The number of Topliss-reactive ketones (excluding diaryl/α,β-unsaturated/α-hetero) is 1. The van der Waals surface area contributed by atoms with Gasteiger partial charge >= 0.3 is 6.03 Å². The molecule has 0 fully saturated rings. The molecule has 2 aromatic rings. The highest BCUT2D eigenvalue weighted by molar-refractivity contribution is 9.10. The van der Waals surface area contributed by atoms with Gasteiger partial charge in [-0.2, -0.15) is 0 Å². The molecule has 0 aliphatic carbocycles. The number of ketones is 1. The molecule has 0 radical (unpaired) electrons. The molecule has 108 valence electrons. The Morgan fingerprint density at radius 3 is 2.10 bits per heavy atom. The van der Waals surface area contributed by atoms with Crippen LogP contribution >= 0.6 is 15.9 Å². The van der Waals surface area contributed by atoms with Crippen molar-refractivity contribution in [3.05, 3.63) is 58.1 Å². The average molecular weight is 347 g/mol. The molecule has 0 bridgehead atoms. The van der Waals surface area contributed by atoms with Crippen molar-refractivity contribution >= 4 is 39.1 Å². The van der Waals surface area contributed by atoms with Gasteiger partial charge in [0.1, 0.15) is 0 Å². The quantitative estimate of drug-likeness (QED) is 0.797. The fourth-order valence-electron chi connectivity index (χ4n) is 1.80. The van der Waals surface area contributed by atoms with Crippen LogP contribution in [0.2, 0.25) is 0 Å². The molecule has 0 spiro atoms. The minimum absolute atomic E-state index is 0.00339. The summed E-state index contributed by atoms with van der Waals surface area (Å²) < 4.78 is 0.994. The van der Waals surface area contributed by atoms with E-state index in [4.69, 9.17) is 0 Å². The maximum absolute atomic E-state index is 11.9. The number of hydrogen-bond donors (Lipinski definition) is 2. The highest BCUT2D eigenvalue weighted by atomic mass is 79.9. The van der Waals surface area contributed by atoms with Crippen molar-refractivity contribution < 1.29 is 9.59 Å². The van der Waals surface area contributed by atoms with E-state index in [9.17, 15) is 9.59 Å². The monoisotopic (exact) mass is 346 g/mol. The number of carbonyl (C=O) groups excluding carboxylic acids is 2. The zero-order valence-corrected chi connectivity index (χ0v) is 13.3. The molecule has 0 aliphatic heterocycles. The van der Waals surface area contributed by atoms with Gasteiger partial charge in [0.25, 0.3) is 0 Å². The Morgan fingerprint density at radius 1 is 0.952 bits per heavy atom. The van der Waals surface area contributed by atoms with Crippen LogP contribution < -0.4 is 10.6 Å². The summed E-state index contributed by atoms with van der Waals surface area (Å²) in [6, 6.07) is 12.0. The second kappa shape index (κ2) is 6.54. The number of halogens is 1. The van der Waals surface area contributed by atoms with Crippen molar-refractivity contribution in [1.29, 1.82) is 0 Å². The Balaban J connectivity index is 2.01. The van der Waals surface area contributed by atoms with Crippen LogP contribution in [0.1, 0.15) is 22.8 Å². The van der Waals surface area contributed by atoms with E-state index >= 15 is 0 Å². The third-order valence-electron chi connectivity index (χ3n) is 2.97. The molecule has 4 nitrogen and oxygen atoms in total. The number of nitrogens with one attached hydrogen (secondary N) is 2. The summed E-state index contributed by atoms with van der Waals surface area (Å²) in [5.74, 6) is -0.00339. The highest BCUT2D eigenvalue weighted by Crippen LogP contribution is 2.20. The predicted octanol–water partition coefficient (Wildman–Crippen LogP) is 4.60. The number of hydrogen-bond acceptors (Lipinski definition) is 2. The zero-order valence-electron chi connectivity index (χ0n) is 11.7. The molecular formula is C16H15BrN2O2. The third kappa shape index (κ3) is 4.16. The van der Waals surface area contributed by atoms with Crippen molar-refractivity contribution in [2.24, 2.45) is 0 Å². The molecule has 0 saturated carbocycles. The summed E-state index contributed by atoms with van der Waals surface area (Å²) in [6.07, 6.45) is 0. The number of urea groups is 1. The second-order valence-corrected chi connectivity index (χ2v) is 5.53. The fraction of sp³-hybridized carbons (Fsp3) is 0.125. The molecule has 0 unspecified atom stereocenters. The van der Waals surface area contributed by atoms with Gasteiger partial charge in [-0.15, -0.1) is 0 Å². The van der Waals surface area contributed by atoms with Gasteiger partial charge in [-0.3, -0.25) is 4.79 Å². The molecule has 5 heteroatoms. The maximum Gasteiger partial charge on any atom is 0.323 e. The Labute approximate surface area is 131 Å². The van der Waals surface area contributed by atoms with E-state index in [0.717, 1.165) is 10.0 Å². The minimum Gasteiger partial charge on any atom is -0.308 e. The van der Waals surface area contributed by atoms with Crippen LogP contribution in [-0.4, -0.2) is 11.8 Å². The molecule has 0 atom stereocenters. The van der Waals surface area contributed by atoms with E-state index in [-0.39, 0.29) is 11.8 Å². The lowest BCUT2D eigenvalue weighted by molar-refractivity contribution is 0.101. The molecule has 21 heavy (non-hydrogen) atoms. The van der Waals surface area contributed by atoms with E-state index in [1.54, 1.807) is 24.3 Å².